The number of rotatable bonds is 8. The number of benzene rings is 1. The van der Waals surface area contributed by atoms with Gasteiger partial charge in [0.05, 0.1) is 10.7 Å². The molecule has 0 aliphatic heterocycles. The lowest BCUT2D eigenvalue weighted by atomic mass is 9.94. The van der Waals surface area contributed by atoms with Gasteiger partial charge in [-0.25, -0.2) is 4.98 Å². The molecular formula is C18H25N3O2S. The summed E-state index contributed by atoms with van der Waals surface area (Å²) >= 11 is 1.59. The minimum absolute atomic E-state index is 0.137. The fourth-order valence-electron chi connectivity index (χ4n) is 2.22. The van der Waals surface area contributed by atoms with Crippen molar-refractivity contribution in [2.75, 3.05) is 6.54 Å². The van der Waals surface area contributed by atoms with Crippen LogP contribution in [0.25, 0.3) is 0 Å². The highest BCUT2D eigenvalue weighted by Gasteiger charge is 2.21. The van der Waals surface area contributed by atoms with Crippen LogP contribution in [0.3, 0.4) is 0 Å². The second-order valence-electron chi connectivity index (χ2n) is 5.93. The average molecular weight is 347 g/mol. The van der Waals surface area contributed by atoms with E-state index >= 15 is 0 Å². The molecule has 1 heterocycles. The molecule has 0 aliphatic rings. The fourth-order valence-corrected chi connectivity index (χ4v) is 2.81. The number of aryl methyl sites for hydroxylation is 1. The molecule has 0 radical (unpaired) electrons. The van der Waals surface area contributed by atoms with Gasteiger partial charge in [0.2, 0.25) is 0 Å². The number of amides is 1. The molecule has 130 valence electrons. The molecule has 0 atom stereocenters. The topological polar surface area (TPSA) is 77.2 Å². The Hall–Kier alpha value is -1.92. The number of hydrogen-bond acceptors (Lipinski definition) is 5. The van der Waals surface area contributed by atoms with Crippen molar-refractivity contribution in [3.05, 3.63) is 45.9 Å². The van der Waals surface area contributed by atoms with Crippen molar-refractivity contribution >= 4 is 17.2 Å². The molecule has 0 saturated heterocycles. The number of aromatic nitrogens is 1. The Balaban J connectivity index is 1.95. The van der Waals surface area contributed by atoms with Gasteiger partial charge in [-0.05, 0) is 38.0 Å². The van der Waals surface area contributed by atoms with Gasteiger partial charge in [-0.15, -0.1) is 11.3 Å². The van der Waals surface area contributed by atoms with Crippen LogP contribution in [0.4, 0.5) is 0 Å². The van der Waals surface area contributed by atoms with E-state index in [9.17, 15) is 4.79 Å². The van der Waals surface area contributed by atoms with Crippen LogP contribution >= 0.6 is 11.3 Å². The molecule has 0 fully saturated rings. The number of ether oxygens (including phenoxy) is 1. The van der Waals surface area contributed by atoms with E-state index in [0.29, 0.717) is 24.5 Å². The number of hydrogen-bond donors (Lipinski definition) is 2. The summed E-state index contributed by atoms with van der Waals surface area (Å²) in [6.07, 6.45) is 1.64. The maximum atomic E-state index is 12.3. The zero-order valence-corrected chi connectivity index (χ0v) is 15.3. The molecule has 5 nitrogen and oxygen atoms in total. The van der Waals surface area contributed by atoms with E-state index < -0.39 is 0 Å². The first kappa shape index (κ1) is 18.4. The van der Waals surface area contributed by atoms with Crippen LogP contribution < -0.4 is 15.8 Å². The van der Waals surface area contributed by atoms with E-state index in [0.717, 1.165) is 23.5 Å². The first-order valence-corrected chi connectivity index (χ1v) is 9.04. The second-order valence-corrected chi connectivity index (χ2v) is 6.99. The van der Waals surface area contributed by atoms with Crippen LogP contribution in [-0.2, 0) is 6.61 Å². The molecule has 2 aromatic rings. The van der Waals surface area contributed by atoms with Gasteiger partial charge < -0.3 is 15.8 Å². The van der Waals surface area contributed by atoms with Gasteiger partial charge in [-0.1, -0.05) is 19.9 Å². The van der Waals surface area contributed by atoms with Gasteiger partial charge in [0.15, 0.2) is 0 Å². The zero-order valence-electron chi connectivity index (χ0n) is 14.5. The molecule has 1 aromatic heterocycles. The van der Waals surface area contributed by atoms with E-state index in [-0.39, 0.29) is 11.4 Å². The summed E-state index contributed by atoms with van der Waals surface area (Å²) in [5.74, 6) is 0.514. The van der Waals surface area contributed by atoms with E-state index in [1.807, 2.05) is 38.3 Å². The molecule has 2 rings (SSSR count). The van der Waals surface area contributed by atoms with E-state index in [4.69, 9.17) is 10.5 Å². The van der Waals surface area contributed by atoms with Crippen LogP contribution in [0.2, 0.25) is 0 Å². The molecule has 0 bridgehead atoms. The Bertz CT molecular complexity index is 680. The first-order valence-electron chi connectivity index (χ1n) is 8.16. The summed E-state index contributed by atoms with van der Waals surface area (Å²) in [5, 5.41) is 5.90. The van der Waals surface area contributed by atoms with Crippen molar-refractivity contribution in [3.63, 3.8) is 0 Å². The third kappa shape index (κ3) is 5.04. The van der Waals surface area contributed by atoms with Crippen molar-refractivity contribution in [2.24, 2.45) is 5.73 Å². The number of carbonyl (C=O) groups excluding carboxylic acids is 1. The summed E-state index contributed by atoms with van der Waals surface area (Å²) in [6.45, 7) is 6.88. The molecule has 0 saturated carbocycles. The molecule has 24 heavy (non-hydrogen) atoms. The Morgan fingerprint density at radius 2 is 2.12 bits per heavy atom. The predicted octanol–water partition coefficient (Wildman–Crippen LogP) is 3.28. The van der Waals surface area contributed by atoms with Crippen molar-refractivity contribution < 1.29 is 9.53 Å². The average Bonchev–Trinajstić information content (AvgIpc) is 3.03. The fraction of sp³-hybridized carbons (Fsp3) is 0.444. The number of nitrogens with two attached hydrogens (primary N) is 1. The standard InChI is InChI=1S/C18H25N3O2S/c1-4-18(19,5-2)12-20-17(22)14-7-6-8-16(9-14)23-10-15-11-24-13(3)21-15/h6-9,11H,4-5,10,12,19H2,1-3H3,(H,20,22). The largest absolute Gasteiger partial charge is 0.487 e. The molecule has 3 N–H and O–H groups in total. The summed E-state index contributed by atoms with van der Waals surface area (Å²) in [7, 11) is 0. The van der Waals surface area contributed by atoms with Crippen LogP contribution in [0.5, 0.6) is 5.75 Å². The highest BCUT2D eigenvalue weighted by atomic mass is 32.1. The highest BCUT2D eigenvalue weighted by Crippen LogP contribution is 2.17. The zero-order chi connectivity index (χ0) is 17.6. The third-order valence-corrected chi connectivity index (χ3v) is 4.98. The lowest BCUT2D eigenvalue weighted by molar-refractivity contribution is 0.0941. The van der Waals surface area contributed by atoms with Crippen molar-refractivity contribution in [1.82, 2.24) is 10.3 Å². The predicted molar refractivity (Wildman–Crippen MR) is 97.5 cm³/mol. The molecule has 0 aliphatic carbocycles. The second kappa shape index (κ2) is 8.26. The Morgan fingerprint density at radius 1 is 1.38 bits per heavy atom. The maximum absolute atomic E-state index is 12.3. The molecule has 1 aromatic carbocycles. The van der Waals surface area contributed by atoms with Crippen molar-refractivity contribution in [3.8, 4) is 5.75 Å². The van der Waals surface area contributed by atoms with Gasteiger partial charge in [-0.2, -0.15) is 0 Å². The van der Waals surface area contributed by atoms with E-state index in [1.165, 1.54) is 0 Å². The molecular weight excluding hydrogens is 322 g/mol. The molecule has 0 spiro atoms. The van der Waals surface area contributed by atoms with Crippen LogP contribution in [0.1, 0.15) is 47.7 Å². The number of nitrogens with zero attached hydrogens (tertiary/aromatic N) is 1. The number of nitrogens with one attached hydrogen (secondary N) is 1. The van der Waals surface area contributed by atoms with Crippen LogP contribution in [0, 0.1) is 6.92 Å². The Morgan fingerprint density at radius 3 is 2.75 bits per heavy atom. The van der Waals surface area contributed by atoms with E-state index in [1.54, 1.807) is 23.5 Å². The third-order valence-electron chi connectivity index (χ3n) is 4.16. The summed E-state index contributed by atoms with van der Waals surface area (Å²) in [4.78, 5) is 16.7. The Kier molecular flexibility index (Phi) is 6.34. The van der Waals surface area contributed by atoms with Gasteiger partial charge >= 0.3 is 0 Å². The van der Waals surface area contributed by atoms with Crippen LogP contribution in [-0.4, -0.2) is 23.0 Å². The SMILES string of the molecule is CCC(N)(CC)CNC(=O)c1cccc(OCc2csc(C)n2)c1. The van der Waals surface area contributed by atoms with Gasteiger partial charge in [0.25, 0.3) is 5.91 Å². The van der Waals surface area contributed by atoms with Crippen molar-refractivity contribution in [1.29, 1.82) is 0 Å². The lowest BCUT2D eigenvalue weighted by Gasteiger charge is -2.26. The highest BCUT2D eigenvalue weighted by molar-refractivity contribution is 7.09. The maximum Gasteiger partial charge on any atom is 0.251 e. The Labute approximate surface area is 147 Å². The molecule has 1 amide bonds. The van der Waals surface area contributed by atoms with Crippen molar-refractivity contribution in [2.45, 2.75) is 45.8 Å². The lowest BCUT2D eigenvalue weighted by Crippen LogP contribution is -2.49. The van der Waals surface area contributed by atoms with E-state index in [2.05, 4.69) is 10.3 Å². The van der Waals surface area contributed by atoms with Gasteiger partial charge in [0, 0.05) is 23.0 Å². The van der Waals surface area contributed by atoms with Crippen LogP contribution in [0.15, 0.2) is 29.6 Å². The number of thiazole rings is 1. The smallest absolute Gasteiger partial charge is 0.251 e. The minimum atomic E-state index is -0.355. The molecule has 0 unspecified atom stereocenters. The summed E-state index contributed by atoms with van der Waals surface area (Å²) in [5.41, 5.74) is 7.33. The summed E-state index contributed by atoms with van der Waals surface area (Å²) < 4.78 is 5.72. The first-order chi connectivity index (χ1) is 11.5. The quantitative estimate of drug-likeness (QED) is 0.768. The minimum Gasteiger partial charge on any atom is -0.487 e. The number of carbonyl (C=O) groups is 1. The summed E-state index contributed by atoms with van der Waals surface area (Å²) in [6, 6.07) is 7.16. The molecule has 6 heteroatoms. The van der Waals surface area contributed by atoms with Gasteiger partial charge in [-0.3, -0.25) is 4.79 Å². The normalized spacial score (nSPS) is 11.3. The monoisotopic (exact) mass is 347 g/mol. The van der Waals surface area contributed by atoms with Gasteiger partial charge in [0.1, 0.15) is 12.4 Å².